The minimum absolute atomic E-state index is 0.0153. The van der Waals surface area contributed by atoms with Crippen molar-refractivity contribution in [3.63, 3.8) is 0 Å². The van der Waals surface area contributed by atoms with Gasteiger partial charge in [-0.3, -0.25) is 13.9 Å². The summed E-state index contributed by atoms with van der Waals surface area (Å²) in [6, 6.07) is 19.4. The number of carbonyl (C=O) groups is 2. The first kappa shape index (κ1) is 30.8. The van der Waals surface area contributed by atoms with Crippen molar-refractivity contribution in [3.05, 3.63) is 101 Å². The van der Waals surface area contributed by atoms with E-state index in [-0.39, 0.29) is 18.9 Å². The number of hydrogen-bond donors (Lipinski definition) is 1. The topological polar surface area (TPSA) is 86.8 Å². The summed E-state index contributed by atoms with van der Waals surface area (Å²) in [5, 5.41) is 2.98. The highest BCUT2D eigenvalue weighted by atomic mass is 32.2. The molecule has 0 fully saturated rings. The van der Waals surface area contributed by atoms with Gasteiger partial charge in [-0.15, -0.1) is 0 Å². The third-order valence-electron chi connectivity index (χ3n) is 6.21. The van der Waals surface area contributed by atoms with Crippen molar-refractivity contribution in [3.8, 4) is 0 Å². The van der Waals surface area contributed by atoms with E-state index >= 15 is 0 Å². The van der Waals surface area contributed by atoms with E-state index in [2.05, 4.69) is 5.32 Å². The van der Waals surface area contributed by atoms with E-state index < -0.39 is 39.9 Å². The largest absolute Gasteiger partial charge is 0.350 e. The molecule has 40 heavy (non-hydrogen) atoms. The monoisotopic (exact) mass is 567 g/mol. The Balaban J connectivity index is 2.08. The number of anilines is 1. The molecule has 0 bridgehead atoms. The van der Waals surface area contributed by atoms with Crippen LogP contribution in [0.25, 0.3) is 0 Å². The summed E-state index contributed by atoms with van der Waals surface area (Å²) in [4.78, 5) is 29.2. The molecule has 2 amide bonds. The molecule has 0 aliphatic heterocycles. The maximum atomic E-state index is 14.1. The van der Waals surface area contributed by atoms with Crippen LogP contribution in [0.15, 0.2) is 72.8 Å². The van der Waals surface area contributed by atoms with Crippen LogP contribution in [0.3, 0.4) is 0 Å². The Hall–Kier alpha value is -3.72. The molecular formula is C31H38FN3O4S. The maximum Gasteiger partial charge on any atom is 0.244 e. The molecule has 0 saturated carbocycles. The van der Waals surface area contributed by atoms with Gasteiger partial charge >= 0.3 is 0 Å². The van der Waals surface area contributed by atoms with Crippen LogP contribution in [-0.2, 0) is 32.6 Å². The van der Waals surface area contributed by atoms with Crippen molar-refractivity contribution >= 4 is 27.5 Å². The maximum absolute atomic E-state index is 14.1. The van der Waals surface area contributed by atoms with E-state index in [0.29, 0.717) is 11.3 Å². The second-order valence-corrected chi connectivity index (χ2v) is 13.1. The lowest BCUT2D eigenvalue weighted by molar-refractivity contribution is -0.140. The number of nitrogens with one attached hydrogen (secondary N) is 1. The smallest absolute Gasteiger partial charge is 0.244 e. The van der Waals surface area contributed by atoms with E-state index in [0.717, 1.165) is 27.3 Å². The van der Waals surface area contributed by atoms with E-state index in [1.54, 1.807) is 24.3 Å². The lowest BCUT2D eigenvalue weighted by Gasteiger charge is -2.35. The molecule has 0 aliphatic carbocycles. The molecule has 1 atom stereocenters. The average Bonchev–Trinajstić information content (AvgIpc) is 2.84. The molecule has 0 aromatic heterocycles. The van der Waals surface area contributed by atoms with E-state index in [4.69, 9.17) is 0 Å². The summed E-state index contributed by atoms with van der Waals surface area (Å²) in [6.45, 7) is 8.74. The molecule has 3 aromatic rings. The Morgan fingerprint density at radius 1 is 0.900 bits per heavy atom. The number of hydrogen-bond acceptors (Lipinski definition) is 4. The number of sulfonamides is 1. The Labute approximate surface area is 237 Å². The SMILES string of the molecule is Cc1cc(C)cc(N(CC(=O)N(Cc2ccc(F)cc2)[C@@H](Cc2ccccc2)C(=O)NC(C)(C)C)S(C)(=O)=O)c1. The van der Waals surface area contributed by atoms with Crippen molar-refractivity contribution in [1.82, 2.24) is 10.2 Å². The zero-order valence-electron chi connectivity index (χ0n) is 23.9. The Morgan fingerprint density at radius 2 is 1.48 bits per heavy atom. The average molecular weight is 568 g/mol. The second-order valence-electron chi connectivity index (χ2n) is 11.2. The molecule has 0 saturated heterocycles. The minimum Gasteiger partial charge on any atom is -0.350 e. The Morgan fingerprint density at radius 3 is 2.00 bits per heavy atom. The zero-order chi connectivity index (χ0) is 29.7. The number of benzene rings is 3. The number of nitrogens with zero attached hydrogens (tertiary/aromatic N) is 2. The summed E-state index contributed by atoms with van der Waals surface area (Å²) >= 11 is 0. The molecule has 3 aromatic carbocycles. The van der Waals surface area contributed by atoms with Crippen LogP contribution in [-0.4, -0.2) is 49.5 Å². The fourth-order valence-electron chi connectivity index (χ4n) is 4.50. The molecule has 0 heterocycles. The molecule has 0 spiro atoms. The van der Waals surface area contributed by atoms with Crippen molar-refractivity contribution in [2.45, 2.75) is 59.2 Å². The molecular weight excluding hydrogens is 529 g/mol. The lowest BCUT2D eigenvalue weighted by atomic mass is 10.0. The predicted octanol–water partition coefficient (Wildman–Crippen LogP) is 4.76. The lowest BCUT2D eigenvalue weighted by Crippen LogP contribution is -2.56. The fraction of sp³-hybridized carbons (Fsp3) is 0.355. The third-order valence-corrected chi connectivity index (χ3v) is 7.35. The first-order valence-corrected chi connectivity index (χ1v) is 14.9. The Kier molecular flexibility index (Phi) is 9.73. The van der Waals surface area contributed by atoms with Crippen molar-refractivity contribution < 1.29 is 22.4 Å². The van der Waals surface area contributed by atoms with Crippen molar-refractivity contribution in [2.75, 3.05) is 17.1 Å². The summed E-state index contributed by atoms with van der Waals surface area (Å²) in [6.07, 6.45) is 1.26. The van der Waals surface area contributed by atoms with Crippen LogP contribution >= 0.6 is 0 Å². The van der Waals surface area contributed by atoms with Gasteiger partial charge in [0.05, 0.1) is 11.9 Å². The fourth-order valence-corrected chi connectivity index (χ4v) is 5.34. The molecule has 7 nitrogen and oxygen atoms in total. The predicted molar refractivity (Wildman–Crippen MR) is 157 cm³/mol. The van der Waals surface area contributed by atoms with Crippen molar-refractivity contribution in [2.24, 2.45) is 0 Å². The van der Waals surface area contributed by atoms with E-state index in [1.165, 1.54) is 17.0 Å². The van der Waals surface area contributed by atoms with Gasteiger partial charge in [-0.2, -0.15) is 0 Å². The van der Waals surface area contributed by atoms with Gasteiger partial charge in [-0.25, -0.2) is 12.8 Å². The van der Waals surface area contributed by atoms with E-state index in [9.17, 15) is 22.4 Å². The molecule has 1 N–H and O–H groups in total. The number of rotatable bonds is 10. The summed E-state index contributed by atoms with van der Waals surface area (Å²) in [7, 11) is -3.86. The summed E-state index contributed by atoms with van der Waals surface area (Å²) in [5.74, 6) is -1.35. The van der Waals surface area contributed by atoms with Gasteiger partial charge in [0, 0.05) is 18.5 Å². The van der Waals surface area contributed by atoms with Gasteiger partial charge in [-0.1, -0.05) is 48.5 Å². The van der Waals surface area contributed by atoms with Gasteiger partial charge in [0.1, 0.15) is 18.4 Å². The minimum atomic E-state index is -3.86. The zero-order valence-corrected chi connectivity index (χ0v) is 24.8. The van der Waals surface area contributed by atoms with Crippen LogP contribution in [0, 0.1) is 19.7 Å². The highest BCUT2D eigenvalue weighted by Gasteiger charge is 2.34. The quantitative estimate of drug-likeness (QED) is 0.383. The Bertz CT molecular complexity index is 1420. The first-order chi connectivity index (χ1) is 18.6. The van der Waals surface area contributed by atoms with Crippen molar-refractivity contribution in [1.29, 1.82) is 0 Å². The van der Waals surface area contributed by atoms with Crippen LogP contribution in [0.1, 0.15) is 43.0 Å². The van der Waals surface area contributed by atoms with Crippen LogP contribution < -0.4 is 9.62 Å². The van der Waals surface area contributed by atoms with Gasteiger partial charge in [-0.05, 0) is 81.1 Å². The third kappa shape index (κ3) is 8.91. The van der Waals surface area contributed by atoms with Gasteiger partial charge in [0.25, 0.3) is 0 Å². The second kappa shape index (κ2) is 12.6. The van der Waals surface area contributed by atoms with Crippen LogP contribution in [0.4, 0.5) is 10.1 Å². The molecule has 0 aliphatic rings. The first-order valence-electron chi connectivity index (χ1n) is 13.1. The van der Waals surface area contributed by atoms with Crippen LogP contribution in [0.2, 0.25) is 0 Å². The molecule has 9 heteroatoms. The number of amides is 2. The van der Waals surface area contributed by atoms with Gasteiger partial charge in [0.2, 0.25) is 21.8 Å². The number of aryl methyl sites for hydroxylation is 2. The van der Waals surface area contributed by atoms with E-state index in [1.807, 2.05) is 71.0 Å². The highest BCUT2D eigenvalue weighted by molar-refractivity contribution is 7.92. The molecule has 0 unspecified atom stereocenters. The van der Waals surface area contributed by atoms with Gasteiger partial charge in [0.15, 0.2) is 0 Å². The molecule has 214 valence electrons. The van der Waals surface area contributed by atoms with Crippen LogP contribution in [0.5, 0.6) is 0 Å². The summed E-state index contributed by atoms with van der Waals surface area (Å²) in [5.41, 5.74) is 2.94. The molecule has 3 rings (SSSR count). The number of carbonyl (C=O) groups excluding carboxylic acids is 2. The highest BCUT2D eigenvalue weighted by Crippen LogP contribution is 2.23. The summed E-state index contributed by atoms with van der Waals surface area (Å²) < 4.78 is 40.6. The normalized spacial score (nSPS) is 12.5. The molecule has 0 radical (unpaired) electrons. The standard InChI is InChI=1S/C31H38FN3O4S/c1-22-16-23(2)18-27(17-22)35(40(6,38)39)21-29(36)34(20-25-12-14-26(32)15-13-25)28(30(37)33-31(3,4)5)19-24-10-8-7-9-11-24/h7-18,28H,19-21H2,1-6H3,(H,33,37)/t28-/m0/s1. The number of halogens is 1. The van der Waals surface area contributed by atoms with Gasteiger partial charge < -0.3 is 10.2 Å².